The van der Waals surface area contributed by atoms with Crippen LogP contribution >= 0.6 is 0 Å². The summed E-state index contributed by atoms with van der Waals surface area (Å²) in [4.78, 5) is 12.0. The SMILES string of the molecule is Cc1noc(C)c1CC(C)NC(=O)NC1CCC(C(F)(F)F)CC1. The number of hydrogen-bond acceptors (Lipinski definition) is 3. The van der Waals surface area contributed by atoms with Crippen LogP contribution in [0.1, 0.15) is 49.6 Å². The van der Waals surface area contributed by atoms with Crippen LogP contribution in [0.2, 0.25) is 0 Å². The summed E-state index contributed by atoms with van der Waals surface area (Å²) in [7, 11) is 0. The molecule has 2 amide bonds. The lowest BCUT2D eigenvalue weighted by molar-refractivity contribution is -0.182. The van der Waals surface area contributed by atoms with Gasteiger partial charge in [0.05, 0.1) is 11.6 Å². The Kier molecular flexibility index (Phi) is 5.77. The molecule has 2 rings (SSSR count). The molecule has 5 nitrogen and oxygen atoms in total. The molecule has 0 bridgehead atoms. The highest BCUT2D eigenvalue weighted by atomic mass is 19.4. The van der Waals surface area contributed by atoms with Gasteiger partial charge < -0.3 is 15.2 Å². The van der Waals surface area contributed by atoms with E-state index in [-0.39, 0.29) is 31.0 Å². The summed E-state index contributed by atoms with van der Waals surface area (Å²) in [6.45, 7) is 5.53. The van der Waals surface area contributed by atoms with Gasteiger partial charge in [-0.05, 0) is 52.9 Å². The second-order valence-corrected chi connectivity index (χ2v) is 6.62. The molecule has 8 heteroatoms. The maximum atomic E-state index is 12.6. The molecular formula is C16H24F3N3O2. The predicted octanol–water partition coefficient (Wildman–Crippen LogP) is 3.64. The number of halogens is 3. The van der Waals surface area contributed by atoms with E-state index in [4.69, 9.17) is 4.52 Å². The fraction of sp³-hybridized carbons (Fsp3) is 0.750. The number of aryl methyl sites for hydroxylation is 2. The number of hydrogen-bond donors (Lipinski definition) is 2. The maximum absolute atomic E-state index is 12.6. The molecule has 1 unspecified atom stereocenters. The smallest absolute Gasteiger partial charge is 0.361 e. The molecule has 0 aromatic carbocycles. The minimum absolute atomic E-state index is 0.0725. The van der Waals surface area contributed by atoms with E-state index < -0.39 is 12.1 Å². The van der Waals surface area contributed by atoms with E-state index in [2.05, 4.69) is 15.8 Å². The number of rotatable bonds is 4. The van der Waals surface area contributed by atoms with E-state index in [0.29, 0.717) is 19.3 Å². The fourth-order valence-corrected chi connectivity index (χ4v) is 3.17. The summed E-state index contributed by atoms with van der Waals surface area (Å²) < 4.78 is 43.0. The highest BCUT2D eigenvalue weighted by molar-refractivity contribution is 5.74. The van der Waals surface area contributed by atoms with Crippen molar-refractivity contribution in [3.63, 3.8) is 0 Å². The van der Waals surface area contributed by atoms with Crippen LogP contribution in [-0.2, 0) is 6.42 Å². The molecule has 136 valence electrons. The second-order valence-electron chi connectivity index (χ2n) is 6.62. The zero-order valence-electron chi connectivity index (χ0n) is 14.2. The van der Waals surface area contributed by atoms with E-state index in [1.807, 2.05) is 20.8 Å². The van der Waals surface area contributed by atoms with Gasteiger partial charge in [0, 0.05) is 17.6 Å². The van der Waals surface area contributed by atoms with E-state index in [9.17, 15) is 18.0 Å². The van der Waals surface area contributed by atoms with Crippen LogP contribution in [0.4, 0.5) is 18.0 Å². The molecule has 1 aromatic heterocycles. The summed E-state index contributed by atoms with van der Waals surface area (Å²) in [5, 5.41) is 9.47. The van der Waals surface area contributed by atoms with Crippen molar-refractivity contribution in [2.45, 2.75) is 71.1 Å². The molecule has 1 atom stereocenters. The van der Waals surface area contributed by atoms with Crippen LogP contribution in [0.5, 0.6) is 0 Å². The maximum Gasteiger partial charge on any atom is 0.391 e. The monoisotopic (exact) mass is 347 g/mol. The van der Waals surface area contributed by atoms with Gasteiger partial charge in [-0.15, -0.1) is 0 Å². The topological polar surface area (TPSA) is 67.2 Å². The van der Waals surface area contributed by atoms with Gasteiger partial charge in [0.2, 0.25) is 0 Å². The number of carbonyl (C=O) groups is 1. The summed E-state index contributed by atoms with van der Waals surface area (Å²) in [5.74, 6) is -0.510. The lowest BCUT2D eigenvalue weighted by Crippen LogP contribution is -2.47. The first-order chi connectivity index (χ1) is 11.2. The number of nitrogens with zero attached hydrogens (tertiary/aromatic N) is 1. The van der Waals surface area contributed by atoms with Crippen LogP contribution in [0.3, 0.4) is 0 Å². The number of carbonyl (C=O) groups excluding carboxylic acids is 1. The van der Waals surface area contributed by atoms with Gasteiger partial charge >= 0.3 is 12.2 Å². The Morgan fingerprint density at radius 1 is 1.29 bits per heavy atom. The number of amides is 2. The van der Waals surface area contributed by atoms with Gasteiger partial charge in [-0.2, -0.15) is 13.2 Å². The van der Waals surface area contributed by atoms with Crippen LogP contribution in [0.25, 0.3) is 0 Å². The van der Waals surface area contributed by atoms with Crippen molar-refractivity contribution in [3.8, 4) is 0 Å². The average Bonchev–Trinajstić information content (AvgIpc) is 2.78. The Morgan fingerprint density at radius 2 is 1.92 bits per heavy atom. The molecule has 1 aliphatic rings. The van der Waals surface area contributed by atoms with Crippen molar-refractivity contribution in [1.29, 1.82) is 0 Å². The van der Waals surface area contributed by atoms with Gasteiger partial charge in [-0.3, -0.25) is 0 Å². The predicted molar refractivity (Wildman–Crippen MR) is 82.6 cm³/mol. The fourth-order valence-electron chi connectivity index (χ4n) is 3.17. The van der Waals surface area contributed by atoms with E-state index in [1.54, 1.807) is 0 Å². The zero-order chi connectivity index (χ0) is 17.9. The van der Waals surface area contributed by atoms with Gasteiger partial charge in [0.15, 0.2) is 0 Å². The third-order valence-corrected chi connectivity index (χ3v) is 4.59. The zero-order valence-corrected chi connectivity index (χ0v) is 14.2. The molecule has 1 aromatic rings. The largest absolute Gasteiger partial charge is 0.391 e. The van der Waals surface area contributed by atoms with Crippen LogP contribution < -0.4 is 10.6 Å². The van der Waals surface area contributed by atoms with Crippen molar-refractivity contribution in [2.75, 3.05) is 0 Å². The van der Waals surface area contributed by atoms with E-state index >= 15 is 0 Å². The first kappa shape index (κ1) is 18.6. The Bertz CT molecular complexity index is 544. The van der Waals surface area contributed by atoms with E-state index in [1.165, 1.54) is 0 Å². The molecule has 0 radical (unpaired) electrons. The van der Waals surface area contributed by atoms with Gasteiger partial charge in [0.25, 0.3) is 0 Å². The summed E-state index contributed by atoms with van der Waals surface area (Å²) in [6, 6.07) is -0.673. The Morgan fingerprint density at radius 3 is 2.42 bits per heavy atom. The minimum atomic E-state index is -4.13. The minimum Gasteiger partial charge on any atom is -0.361 e. The first-order valence-corrected chi connectivity index (χ1v) is 8.22. The normalized spacial score (nSPS) is 22.9. The molecule has 1 heterocycles. The summed E-state index contributed by atoms with van der Waals surface area (Å²) in [6.07, 6.45) is -2.68. The van der Waals surface area contributed by atoms with Crippen LogP contribution in [0, 0.1) is 19.8 Å². The average molecular weight is 347 g/mol. The van der Waals surface area contributed by atoms with Crippen molar-refractivity contribution in [2.24, 2.45) is 5.92 Å². The van der Waals surface area contributed by atoms with Gasteiger partial charge in [-0.25, -0.2) is 4.79 Å². The molecule has 0 saturated heterocycles. The van der Waals surface area contributed by atoms with Crippen LogP contribution in [-0.4, -0.2) is 29.4 Å². The van der Waals surface area contributed by atoms with Gasteiger partial charge in [-0.1, -0.05) is 5.16 Å². The van der Waals surface area contributed by atoms with Crippen molar-refractivity contribution in [1.82, 2.24) is 15.8 Å². The molecule has 0 aliphatic heterocycles. The van der Waals surface area contributed by atoms with E-state index in [0.717, 1.165) is 17.0 Å². The molecule has 1 aliphatic carbocycles. The molecular weight excluding hydrogens is 323 g/mol. The van der Waals surface area contributed by atoms with Crippen molar-refractivity contribution < 1.29 is 22.5 Å². The standard InChI is InChI=1S/C16H24F3N3O2/c1-9(8-14-10(2)22-24-11(14)3)20-15(23)21-13-6-4-12(5-7-13)16(17,18)19/h9,12-13H,4-8H2,1-3H3,(H2,20,21,23). The summed E-state index contributed by atoms with van der Waals surface area (Å²) >= 11 is 0. The third kappa shape index (κ3) is 4.88. The first-order valence-electron chi connectivity index (χ1n) is 8.22. The molecule has 1 fully saturated rings. The molecule has 1 saturated carbocycles. The lowest BCUT2D eigenvalue weighted by Gasteiger charge is -2.30. The molecule has 2 N–H and O–H groups in total. The third-order valence-electron chi connectivity index (χ3n) is 4.59. The van der Waals surface area contributed by atoms with Crippen molar-refractivity contribution in [3.05, 3.63) is 17.0 Å². The van der Waals surface area contributed by atoms with Gasteiger partial charge in [0.1, 0.15) is 5.76 Å². The second kappa shape index (κ2) is 7.44. The highest BCUT2D eigenvalue weighted by Gasteiger charge is 2.41. The van der Waals surface area contributed by atoms with Crippen molar-refractivity contribution >= 4 is 6.03 Å². The number of aromatic nitrogens is 1. The Balaban J connectivity index is 1.76. The number of alkyl halides is 3. The molecule has 24 heavy (non-hydrogen) atoms. The number of urea groups is 1. The molecule has 0 spiro atoms. The highest BCUT2D eigenvalue weighted by Crippen LogP contribution is 2.37. The summed E-state index contributed by atoms with van der Waals surface area (Å²) in [5.41, 5.74) is 1.76. The Labute approximate surface area is 139 Å². The Hall–Kier alpha value is -1.73. The van der Waals surface area contributed by atoms with Crippen LogP contribution in [0.15, 0.2) is 4.52 Å². The lowest BCUT2D eigenvalue weighted by atomic mass is 9.85. The quantitative estimate of drug-likeness (QED) is 0.874. The number of nitrogens with one attached hydrogen (secondary N) is 2.